The maximum absolute atomic E-state index is 12.4. The Morgan fingerprint density at radius 3 is 2.33 bits per heavy atom. The summed E-state index contributed by atoms with van der Waals surface area (Å²) in [6, 6.07) is 16.4. The molecule has 2 aromatic carbocycles. The first-order chi connectivity index (χ1) is 17.2. The Labute approximate surface area is 210 Å². The van der Waals surface area contributed by atoms with Gasteiger partial charge in [-0.2, -0.15) is 5.10 Å². The second kappa shape index (κ2) is 9.39. The lowest BCUT2D eigenvalue weighted by atomic mass is 10.1. The fourth-order valence-electron chi connectivity index (χ4n) is 3.91. The molecule has 0 spiro atoms. The van der Waals surface area contributed by atoms with E-state index in [0.29, 0.717) is 28.9 Å². The Bertz CT molecular complexity index is 1520. The Kier molecular flexibility index (Phi) is 6.26. The number of carbonyl (C=O) groups excluding carboxylic acids is 1. The smallest absolute Gasteiger partial charge is 0.251 e. The summed E-state index contributed by atoms with van der Waals surface area (Å²) in [5, 5.41) is 11.3. The summed E-state index contributed by atoms with van der Waals surface area (Å²) in [6.07, 6.45) is 5.06. The molecule has 1 fully saturated rings. The zero-order valence-corrected chi connectivity index (χ0v) is 21.3. The number of carbonyl (C=O) groups is 1. The van der Waals surface area contributed by atoms with Crippen molar-refractivity contribution in [3.63, 3.8) is 0 Å². The molecule has 0 atom stereocenters. The van der Waals surface area contributed by atoms with Gasteiger partial charge in [0.05, 0.1) is 28.2 Å². The van der Waals surface area contributed by atoms with Gasteiger partial charge in [-0.3, -0.25) is 4.79 Å². The van der Waals surface area contributed by atoms with E-state index in [0.717, 1.165) is 41.9 Å². The lowest BCUT2D eigenvalue weighted by Gasteiger charge is -2.13. The predicted molar refractivity (Wildman–Crippen MR) is 141 cm³/mol. The van der Waals surface area contributed by atoms with Gasteiger partial charge in [-0.25, -0.2) is 17.9 Å². The molecule has 0 radical (unpaired) electrons. The van der Waals surface area contributed by atoms with Crippen molar-refractivity contribution >= 4 is 27.1 Å². The Hall–Kier alpha value is -3.72. The van der Waals surface area contributed by atoms with Crippen molar-refractivity contribution in [2.45, 2.75) is 37.6 Å². The molecule has 2 N–H and O–H groups in total. The number of amides is 1. The molecule has 186 valence electrons. The van der Waals surface area contributed by atoms with Crippen molar-refractivity contribution in [3.05, 3.63) is 66.4 Å². The van der Waals surface area contributed by atoms with Gasteiger partial charge >= 0.3 is 0 Å². The minimum Gasteiger partial charge on any atom is -0.382 e. The van der Waals surface area contributed by atoms with Gasteiger partial charge in [0.25, 0.3) is 5.91 Å². The van der Waals surface area contributed by atoms with Crippen LogP contribution >= 0.6 is 0 Å². The van der Waals surface area contributed by atoms with Gasteiger partial charge in [0.15, 0.2) is 15.5 Å². The van der Waals surface area contributed by atoms with Crippen LogP contribution in [-0.4, -0.2) is 47.8 Å². The van der Waals surface area contributed by atoms with E-state index in [1.54, 1.807) is 35.0 Å². The average Bonchev–Trinajstić information content (AvgIpc) is 3.57. The minimum atomic E-state index is -3.29. The van der Waals surface area contributed by atoms with Crippen LogP contribution < -0.4 is 10.6 Å². The van der Waals surface area contributed by atoms with Gasteiger partial charge in [0, 0.05) is 35.5 Å². The van der Waals surface area contributed by atoms with E-state index >= 15 is 0 Å². The van der Waals surface area contributed by atoms with Crippen molar-refractivity contribution in [3.8, 4) is 22.5 Å². The molecule has 5 rings (SSSR count). The molecule has 2 aromatic heterocycles. The third-order valence-electron chi connectivity index (χ3n) is 6.10. The van der Waals surface area contributed by atoms with Gasteiger partial charge in [-0.1, -0.05) is 38.1 Å². The molecule has 1 saturated carbocycles. The van der Waals surface area contributed by atoms with E-state index in [9.17, 15) is 13.2 Å². The number of hydrogen-bond acceptors (Lipinski definition) is 6. The Balaban J connectivity index is 1.55. The maximum Gasteiger partial charge on any atom is 0.251 e. The van der Waals surface area contributed by atoms with Crippen LogP contribution in [0, 0.1) is 5.92 Å². The summed E-state index contributed by atoms with van der Waals surface area (Å²) in [6.45, 7) is 5.03. The number of hydrogen-bond donors (Lipinski definition) is 2. The van der Waals surface area contributed by atoms with Gasteiger partial charge < -0.3 is 10.6 Å². The van der Waals surface area contributed by atoms with Crippen LogP contribution in [0.3, 0.4) is 0 Å². The van der Waals surface area contributed by atoms with Crippen molar-refractivity contribution in [1.29, 1.82) is 0 Å². The first-order valence-corrected chi connectivity index (χ1v) is 13.9. The van der Waals surface area contributed by atoms with Gasteiger partial charge in [0.1, 0.15) is 0 Å². The summed E-state index contributed by atoms with van der Waals surface area (Å²) in [7, 11) is -3.29. The SMILES string of the molecule is CC(C)CNc1cc(-c2ccc(S(C)(=O)=O)cc2)nn2c(-c3ccc(C(=O)NC4CC4)cc3)cnc12. The number of rotatable bonds is 8. The van der Waals surface area contributed by atoms with Crippen LogP contribution in [-0.2, 0) is 9.84 Å². The first-order valence-electron chi connectivity index (χ1n) is 12.0. The normalized spacial score (nSPS) is 13.8. The van der Waals surface area contributed by atoms with E-state index in [1.165, 1.54) is 6.26 Å². The maximum atomic E-state index is 12.4. The topological polar surface area (TPSA) is 105 Å². The second-order valence-corrected chi connectivity index (χ2v) is 11.7. The quantitative estimate of drug-likeness (QED) is 0.369. The van der Waals surface area contributed by atoms with Gasteiger partial charge in [-0.15, -0.1) is 0 Å². The van der Waals surface area contributed by atoms with Crippen molar-refractivity contribution in [1.82, 2.24) is 19.9 Å². The highest BCUT2D eigenvalue weighted by Gasteiger charge is 2.24. The molecular weight excluding hydrogens is 474 g/mol. The summed E-state index contributed by atoms with van der Waals surface area (Å²) in [5.41, 5.74) is 5.32. The van der Waals surface area contributed by atoms with Crippen LogP contribution in [0.4, 0.5) is 5.69 Å². The fourth-order valence-corrected chi connectivity index (χ4v) is 4.54. The van der Waals surface area contributed by atoms with Crippen LogP contribution in [0.2, 0.25) is 0 Å². The number of benzene rings is 2. The van der Waals surface area contributed by atoms with Crippen LogP contribution in [0.5, 0.6) is 0 Å². The lowest BCUT2D eigenvalue weighted by Crippen LogP contribution is -2.25. The van der Waals surface area contributed by atoms with Gasteiger partial charge in [-0.05, 0) is 49.1 Å². The number of anilines is 1. The summed E-state index contributed by atoms with van der Waals surface area (Å²) in [5.74, 6) is 0.375. The third kappa shape index (κ3) is 5.11. The molecular formula is C27H29N5O3S. The molecule has 8 nitrogen and oxygen atoms in total. The molecule has 1 amide bonds. The molecule has 9 heteroatoms. The van der Waals surface area contributed by atoms with Crippen molar-refractivity contribution < 1.29 is 13.2 Å². The highest BCUT2D eigenvalue weighted by atomic mass is 32.2. The number of fused-ring (bicyclic) bond motifs is 1. The number of aromatic nitrogens is 3. The molecule has 1 aliphatic carbocycles. The van der Waals surface area contributed by atoms with Crippen molar-refractivity contribution in [2.75, 3.05) is 18.1 Å². The molecule has 0 saturated heterocycles. The second-order valence-electron chi connectivity index (χ2n) is 9.72. The molecule has 0 aliphatic heterocycles. The molecule has 4 aromatic rings. The fraction of sp³-hybridized carbons (Fsp3) is 0.296. The minimum absolute atomic E-state index is 0.0553. The van der Waals surface area contributed by atoms with Crippen LogP contribution in [0.1, 0.15) is 37.0 Å². The highest BCUT2D eigenvalue weighted by Crippen LogP contribution is 2.29. The molecule has 1 aliphatic rings. The predicted octanol–water partition coefficient (Wildman–Crippen LogP) is 4.43. The zero-order valence-electron chi connectivity index (χ0n) is 20.5. The van der Waals surface area contributed by atoms with Gasteiger partial charge in [0.2, 0.25) is 0 Å². The molecule has 36 heavy (non-hydrogen) atoms. The van der Waals surface area contributed by atoms with E-state index < -0.39 is 9.84 Å². The molecule has 0 unspecified atom stereocenters. The third-order valence-corrected chi connectivity index (χ3v) is 7.23. The van der Waals surface area contributed by atoms with Crippen molar-refractivity contribution in [2.24, 2.45) is 5.92 Å². The highest BCUT2D eigenvalue weighted by molar-refractivity contribution is 7.90. The van der Waals surface area contributed by atoms with E-state index in [1.807, 2.05) is 30.3 Å². The Morgan fingerprint density at radius 1 is 1.06 bits per heavy atom. The van der Waals surface area contributed by atoms with Crippen LogP contribution in [0.25, 0.3) is 28.2 Å². The van der Waals surface area contributed by atoms with E-state index in [-0.39, 0.29) is 10.8 Å². The standard InChI is InChI=1S/C27H29N5O3S/c1-17(2)15-28-24-14-23(18-8-12-22(13-9-18)36(3,34)35)31-32-25(16-29-26(24)32)19-4-6-20(7-5-19)27(33)30-21-10-11-21/h4-9,12-14,16-17,21,28H,10-11,15H2,1-3H3,(H,30,33). The van der Waals surface area contributed by atoms with Crippen LogP contribution in [0.15, 0.2) is 65.7 Å². The average molecular weight is 504 g/mol. The summed E-state index contributed by atoms with van der Waals surface area (Å²) in [4.78, 5) is 17.3. The van der Waals surface area contributed by atoms with E-state index in [4.69, 9.17) is 5.10 Å². The van der Waals surface area contributed by atoms with E-state index in [2.05, 4.69) is 29.5 Å². The zero-order chi connectivity index (χ0) is 25.4. The number of sulfone groups is 1. The monoisotopic (exact) mass is 503 g/mol. The summed E-state index contributed by atoms with van der Waals surface area (Å²) < 4.78 is 25.6. The number of nitrogens with zero attached hydrogens (tertiary/aromatic N) is 3. The largest absolute Gasteiger partial charge is 0.382 e. The number of nitrogens with one attached hydrogen (secondary N) is 2. The summed E-state index contributed by atoms with van der Waals surface area (Å²) >= 11 is 0. The Morgan fingerprint density at radius 2 is 1.72 bits per heavy atom. The number of imidazole rings is 1. The molecule has 0 bridgehead atoms. The first kappa shape index (κ1) is 24.0. The molecule has 2 heterocycles. The lowest BCUT2D eigenvalue weighted by molar-refractivity contribution is 0.0951.